The van der Waals surface area contributed by atoms with Crippen LogP contribution in [-0.2, 0) is 10.8 Å². The van der Waals surface area contributed by atoms with Crippen molar-refractivity contribution in [1.29, 1.82) is 0 Å². The van der Waals surface area contributed by atoms with E-state index in [0.717, 1.165) is 39.0 Å². The number of anilines is 3. The molecule has 0 saturated carbocycles. The second kappa shape index (κ2) is 13.2. The molecule has 9 aromatic rings. The van der Waals surface area contributed by atoms with Crippen LogP contribution in [0.1, 0.15) is 53.1 Å². The van der Waals surface area contributed by atoms with Crippen molar-refractivity contribution in [2.24, 2.45) is 5.92 Å². The Morgan fingerprint density at radius 1 is 0.450 bits per heavy atom. The van der Waals surface area contributed by atoms with Crippen molar-refractivity contribution in [2.45, 2.75) is 30.6 Å². The fourth-order valence-electron chi connectivity index (χ4n) is 11.0. The van der Waals surface area contributed by atoms with E-state index in [0.29, 0.717) is 11.8 Å². The maximum Gasteiger partial charge on any atom is 0.135 e. The Morgan fingerprint density at radius 3 is 1.87 bits per heavy atom. The van der Waals surface area contributed by atoms with E-state index in [1.165, 1.54) is 55.6 Å². The van der Waals surface area contributed by atoms with Crippen LogP contribution in [-0.4, -0.2) is 0 Å². The smallest absolute Gasteiger partial charge is 0.135 e. The average Bonchev–Trinajstić information content (AvgIpc) is 3.91. The van der Waals surface area contributed by atoms with Gasteiger partial charge in [-0.2, -0.15) is 0 Å². The summed E-state index contributed by atoms with van der Waals surface area (Å²) in [5.74, 6) is 0.831. The molecule has 2 heteroatoms. The minimum Gasteiger partial charge on any atom is -0.456 e. The monoisotopic (exact) mass is 769 g/mol. The second-order valence-corrected chi connectivity index (χ2v) is 17.3. The van der Waals surface area contributed by atoms with Crippen molar-refractivity contribution in [3.8, 4) is 22.3 Å². The highest BCUT2D eigenvalue weighted by atomic mass is 16.3. The number of hydrogen-bond acceptors (Lipinski definition) is 2. The van der Waals surface area contributed by atoms with Gasteiger partial charge in [0.15, 0.2) is 0 Å². The molecule has 0 bridgehead atoms. The molecule has 286 valence electrons. The van der Waals surface area contributed by atoms with E-state index < -0.39 is 5.41 Å². The number of furan rings is 1. The molecular weight excluding hydrogens is 727 g/mol. The van der Waals surface area contributed by atoms with Gasteiger partial charge >= 0.3 is 0 Å². The normalized spacial score (nSPS) is 17.6. The van der Waals surface area contributed by atoms with Gasteiger partial charge in [-0.15, -0.1) is 0 Å². The first-order chi connectivity index (χ1) is 29.5. The molecule has 2 unspecified atom stereocenters. The summed E-state index contributed by atoms with van der Waals surface area (Å²) in [5.41, 5.74) is 17.7. The first-order valence-corrected chi connectivity index (χ1v) is 21.2. The van der Waals surface area contributed by atoms with Gasteiger partial charge < -0.3 is 9.32 Å². The standard InChI is InChI=1S/C58H43NO/c1-57(2)51-22-12-9-19-45(51)47-32-30-44(37-54(47)57)59(42-28-25-38(26-29-42)39-27-34-56-50(35-39)48-21-11-14-24-55(48)60-56)43-31-33-53-49(36-43)46-20-10-13-23-52(46)58(53,40-15-5-3-6-16-40)41-17-7-4-8-18-41/h3-37,45,51H,1-2H3. The van der Waals surface area contributed by atoms with Crippen molar-refractivity contribution in [3.63, 3.8) is 0 Å². The largest absolute Gasteiger partial charge is 0.456 e. The number of fused-ring (bicyclic) bond motifs is 9. The van der Waals surface area contributed by atoms with Crippen LogP contribution in [0.3, 0.4) is 0 Å². The van der Waals surface area contributed by atoms with Crippen LogP contribution >= 0.6 is 0 Å². The lowest BCUT2D eigenvalue weighted by Gasteiger charge is -2.34. The third-order valence-corrected chi connectivity index (χ3v) is 13.9. The van der Waals surface area contributed by atoms with Gasteiger partial charge in [-0.1, -0.05) is 172 Å². The van der Waals surface area contributed by atoms with Crippen LogP contribution in [0.2, 0.25) is 0 Å². The maximum absolute atomic E-state index is 6.17. The van der Waals surface area contributed by atoms with Gasteiger partial charge in [-0.05, 0) is 122 Å². The molecule has 3 aliphatic rings. The second-order valence-electron chi connectivity index (χ2n) is 17.3. The van der Waals surface area contributed by atoms with E-state index in [1.54, 1.807) is 0 Å². The Bertz CT molecular complexity index is 3150. The average molecular weight is 770 g/mol. The fraction of sp³-hybridized carbons (Fsp3) is 0.103. The molecule has 0 amide bonds. The highest BCUT2D eigenvalue weighted by molar-refractivity contribution is 6.06. The van der Waals surface area contributed by atoms with E-state index in [1.807, 2.05) is 12.1 Å². The highest BCUT2D eigenvalue weighted by Crippen LogP contribution is 2.58. The van der Waals surface area contributed by atoms with E-state index in [2.05, 4.69) is 219 Å². The molecule has 0 N–H and O–H groups in total. The van der Waals surface area contributed by atoms with Gasteiger partial charge in [0.1, 0.15) is 11.2 Å². The van der Waals surface area contributed by atoms with Gasteiger partial charge in [0.25, 0.3) is 0 Å². The van der Waals surface area contributed by atoms with Crippen LogP contribution in [0.15, 0.2) is 217 Å². The zero-order valence-corrected chi connectivity index (χ0v) is 33.7. The van der Waals surface area contributed by atoms with Crippen LogP contribution in [0.4, 0.5) is 17.1 Å². The molecule has 3 aliphatic carbocycles. The number of para-hydroxylation sites is 1. The number of allylic oxidation sites excluding steroid dienone is 4. The molecule has 12 rings (SSSR count). The molecule has 8 aromatic carbocycles. The molecule has 2 nitrogen and oxygen atoms in total. The van der Waals surface area contributed by atoms with Crippen LogP contribution < -0.4 is 4.90 Å². The van der Waals surface area contributed by atoms with Crippen molar-refractivity contribution in [2.75, 3.05) is 4.90 Å². The van der Waals surface area contributed by atoms with Crippen molar-refractivity contribution < 1.29 is 4.42 Å². The molecule has 0 saturated heterocycles. The minimum atomic E-state index is -0.449. The molecule has 2 atom stereocenters. The zero-order chi connectivity index (χ0) is 40.0. The Morgan fingerprint density at radius 2 is 1.07 bits per heavy atom. The SMILES string of the molecule is CC1(C)c2cc(N(c3ccc(-c4ccc5oc6ccccc6c5c4)cc3)c3ccc4c(c3)-c3ccccc3C4(c3ccccc3)c3ccccc3)ccc2C2C=CC=CC21. The Labute approximate surface area is 351 Å². The van der Waals surface area contributed by atoms with E-state index in [4.69, 9.17) is 4.42 Å². The first-order valence-electron chi connectivity index (χ1n) is 21.2. The minimum absolute atomic E-state index is 0.00938. The Hall–Kier alpha value is -7.16. The van der Waals surface area contributed by atoms with Crippen LogP contribution in [0.5, 0.6) is 0 Å². The first kappa shape index (κ1) is 34.8. The summed E-state index contributed by atoms with van der Waals surface area (Å²) in [6.07, 6.45) is 9.24. The molecule has 1 aromatic heterocycles. The lowest BCUT2D eigenvalue weighted by molar-refractivity contribution is 0.394. The van der Waals surface area contributed by atoms with Gasteiger partial charge in [-0.3, -0.25) is 0 Å². The molecular formula is C58H43NO. The third kappa shape index (κ3) is 5.01. The Balaban J connectivity index is 1.04. The number of hydrogen-bond donors (Lipinski definition) is 0. The van der Waals surface area contributed by atoms with E-state index >= 15 is 0 Å². The Kier molecular flexibility index (Phi) is 7.65. The van der Waals surface area contributed by atoms with Crippen LogP contribution in [0, 0.1) is 5.92 Å². The maximum atomic E-state index is 6.17. The summed E-state index contributed by atoms with van der Waals surface area (Å²) < 4.78 is 6.17. The number of rotatable bonds is 6. The number of nitrogens with zero attached hydrogens (tertiary/aromatic N) is 1. The van der Waals surface area contributed by atoms with Crippen molar-refractivity contribution in [3.05, 3.63) is 246 Å². The van der Waals surface area contributed by atoms with Gasteiger partial charge in [0.2, 0.25) is 0 Å². The summed E-state index contributed by atoms with van der Waals surface area (Å²) in [4.78, 5) is 2.47. The lowest BCUT2D eigenvalue weighted by atomic mass is 9.68. The van der Waals surface area contributed by atoms with Crippen molar-refractivity contribution >= 4 is 39.0 Å². The lowest BCUT2D eigenvalue weighted by Crippen LogP contribution is -2.28. The summed E-state index contributed by atoms with van der Waals surface area (Å²) in [6, 6.07) is 69.5. The summed E-state index contributed by atoms with van der Waals surface area (Å²) in [5, 5.41) is 2.28. The molecule has 0 fully saturated rings. The summed E-state index contributed by atoms with van der Waals surface area (Å²) >= 11 is 0. The molecule has 0 radical (unpaired) electrons. The van der Waals surface area contributed by atoms with E-state index in [-0.39, 0.29) is 5.41 Å². The van der Waals surface area contributed by atoms with Crippen LogP contribution in [0.25, 0.3) is 44.2 Å². The topological polar surface area (TPSA) is 16.4 Å². The zero-order valence-electron chi connectivity index (χ0n) is 33.7. The summed E-state index contributed by atoms with van der Waals surface area (Å²) in [7, 11) is 0. The fourth-order valence-corrected chi connectivity index (χ4v) is 11.0. The van der Waals surface area contributed by atoms with Crippen molar-refractivity contribution in [1.82, 2.24) is 0 Å². The summed E-state index contributed by atoms with van der Waals surface area (Å²) in [6.45, 7) is 4.84. The molecule has 0 aliphatic heterocycles. The highest BCUT2D eigenvalue weighted by Gasteiger charge is 2.47. The number of benzene rings is 8. The molecule has 0 spiro atoms. The molecule has 1 heterocycles. The van der Waals surface area contributed by atoms with Gasteiger partial charge in [0.05, 0.1) is 5.41 Å². The molecule has 60 heavy (non-hydrogen) atoms. The third-order valence-electron chi connectivity index (χ3n) is 13.9. The predicted octanol–water partition coefficient (Wildman–Crippen LogP) is 15.2. The van der Waals surface area contributed by atoms with Gasteiger partial charge in [0, 0.05) is 33.8 Å². The van der Waals surface area contributed by atoms with Gasteiger partial charge in [-0.25, -0.2) is 0 Å². The van der Waals surface area contributed by atoms with E-state index in [9.17, 15) is 0 Å². The quantitative estimate of drug-likeness (QED) is 0.167. The predicted molar refractivity (Wildman–Crippen MR) is 249 cm³/mol.